The van der Waals surface area contributed by atoms with E-state index in [4.69, 9.17) is 9.15 Å². The van der Waals surface area contributed by atoms with Crippen LogP contribution in [-0.4, -0.2) is 27.7 Å². The predicted octanol–water partition coefficient (Wildman–Crippen LogP) is 6.23. The molecule has 5 rings (SSSR count). The molecule has 1 N–H and O–H groups in total. The van der Waals surface area contributed by atoms with Crippen molar-refractivity contribution < 1.29 is 23.8 Å². The quantitative estimate of drug-likeness (QED) is 0.254. The van der Waals surface area contributed by atoms with Crippen LogP contribution >= 0.6 is 0 Å². The molecule has 0 spiro atoms. The first-order chi connectivity index (χ1) is 17.4. The number of rotatable bonds is 6. The number of carbonyl (C=O) groups excluding carboxylic acids is 2. The highest BCUT2D eigenvalue weighted by molar-refractivity contribution is 6.46. The van der Waals surface area contributed by atoms with Crippen molar-refractivity contribution in [2.45, 2.75) is 64.6 Å². The zero-order chi connectivity index (χ0) is 25.2. The van der Waals surface area contributed by atoms with Gasteiger partial charge in [-0.25, -0.2) is 0 Å². The molecule has 2 aromatic carbocycles. The molecular weight excluding hydrogens is 454 g/mol. The average Bonchev–Trinajstić information content (AvgIpc) is 3.44. The van der Waals surface area contributed by atoms with Gasteiger partial charge in [0.2, 0.25) is 0 Å². The fourth-order valence-electron chi connectivity index (χ4n) is 5.32. The number of ketones is 1. The van der Waals surface area contributed by atoms with E-state index in [2.05, 4.69) is 0 Å². The van der Waals surface area contributed by atoms with Gasteiger partial charge in [-0.2, -0.15) is 0 Å². The van der Waals surface area contributed by atoms with Crippen molar-refractivity contribution in [1.82, 2.24) is 4.90 Å². The first kappa shape index (κ1) is 23.9. The molecule has 2 heterocycles. The van der Waals surface area contributed by atoms with Crippen molar-refractivity contribution in [3.63, 3.8) is 0 Å². The molecule has 186 valence electrons. The smallest absolute Gasteiger partial charge is 0.296 e. The summed E-state index contributed by atoms with van der Waals surface area (Å²) >= 11 is 0. The lowest BCUT2D eigenvalue weighted by atomic mass is 9.92. The van der Waals surface area contributed by atoms with Crippen LogP contribution in [0.2, 0.25) is 0 Å². The van der Waals surface area contributed by atoms with Crippen LogP contribution in [0.5, 0.6) is 5.75 Å². The van der Waals surface area contributed by atoms with E-state index in [-0.39, 0.29) is 17.4 Å². The number of aliphatic hydroxyl groups excluding tert-OH is 1. The van der Waals surface area contributed by atoms with E-state index in [0.717, 1.165) is 43.2 Å². The Morgan fingerprint density at radius 2 is 1.75 bits per heavy atom. The van der Waals surface area contributed by atoms with Gasteiger partial charge in [-0.3, -0.25) is 9.59 Å². The van der Waals surface area contributed by atoms with Crippen molar-refractivity contribution in [2.75, 3.05) is 0 Å². The van der Waals surface area contributed by atoms with Gasteiger partial charge in [0.05, 0.1) is 5.57 Å². The molecule has 1 saturated carbocycles. The molecule has 1 aliphatic heterocycles. The van der Waals surface area contributed by atoms with Crippen molar-refractivity contribution >= 4 is 17.4 Å². The summed E-state index contributed by atoms with van der Waals surface area (Å²) in [6, 6.07) is 18.0. The van der Waals surface area contributed by atoms with Gasteiger partial charge in [-0.15, -0.1) is 0 Å². The minimum Gasteiger partial charge on any atom is -0.507 e. The van der Waals surface area contributed by atoms with Crippen molar-refractivity contribution in [3.8, 4) is 5.75 Å². The third-order valence-electron chi connectivity index (χ3n) is 7.16. The molecule has 1 aliphatic carbocycles. The van der Waals surface area contributed by atoms with Gasteiger partial charge in [0.25, 0.3) is 11.7 Å². The van der Waals surface area contributed by atoms with Gasteiger partial charge in [0.15, 0.2) is 0 Å². The summed E-state index contributed by atoms with van der Waals surface area (Å²) in [5, 5.41) is 11.4. The second-order valence-electron chi connectivity index (χ2n) is 9.70. The van der Waals surface area contributed by atoms with E-state index in [1.807, 2.05) is 50.2 Å². The largest absolute Gasteiger partial charge is 0.507 e. The number of Topliss-reactive ketones (excluding diaryl/α,β-unsaturated/α-hetero) is 1. The highest BCUT2D eigenvalue weighted by Crippen LogP contribution is 2.43. The SMILES string of the molecule is Cc1ccc(C2/C(=C(/O)c3ccc(OCc4ccccc4)c(C)c3)C(=O)C(=O)N2C2CCCCC2)o1. The van der Waals surface area contributed by atoms with E-state index in [9.17, 15) is 14.7 Å². The normalized spacial score (nSPS) is 20.2. The Morgan fingerprint density at radius 3 is 2.42 bits per heavy atom. The zero-order valence-electron chi connectivity index (χ0n) is 20.7. The van der Waals surface area contributed by atoms with Crippen molar-refractivity contribution in [2.24, 2.45) is 0 Å². The lowest BCUT2D eigenvalue weighted by molar-refractivity contribution is -0.142. The van der Waals surface area contributed by atoms with Gasteiger partial charge in [-0.05, 0) is 68.1 Å². The minimum atomic E-state index is -0.740. The predicted molar refractivity (Wildman–Crippen MR) is 136 cm³/mol. The highest BCUT2D eigenvalue weighted by atomic mass is 16.5. The summed E-state index contributed by atoms with van der Waals surface area (Å²) in [5.41, 5.74) is 2.43. The number of nitrogens with zero attached hydrogens (tertiary/aromatic N) is 1. The Kier molecular flexibility index (Phi) is 6.68. The van der Waals surface area contributed by atoms with Gasteiger partial charge >= 0.3 is 0 Å². The molecule has 1 saturated heterocycles. The van der Waals surface area contributed by atoms with Crippen LogP contribution in [0.15, 0.2) is 70.7 Å². The van der Waals surface area contributed by atoms with Crippen LogP contribution in [0.25, 0.3) is 5.76 Å². The number of furan rings is 1. The van der Waals surface area contributed by atoms with Crippen LogP contribution in [0, 0.1) is 13.8 Å². The summed E-state index contributed by atoms with van der Waals surface area (Å²) in [5.74, 6) is 0.453. The van der Waals surface area contributed by atoms with Crippen LogP contribution in [-0.2, 0) is 16.2 Å². The summed E-state index contributed by atoms with van der Waals surface area (Å²) < 4.78 is 11.9. The average molecular weight is 486 g/mol. The van der Waals surface area contributed by atoms with E-state index in [1.165, 1.54) is 0 Å². The fourth-order valence-corrected chi connectivity index (χ4v) is 5.32. The lowest BCUT2D eigenvalue weighted by Gasteiger charge is -2.34. The van der Waals surface area contributed by atoms with Gasteiger partial charge in [-0.1, -0.05) is 49.6 Å². The van der Waals surface area contributed by atoms with Crippen LogP contribution in [0.3, 0.4) is 0 Å². The Morgan fingerprint density at radius 1 is 1.00 bits per heavy atom. The van der Waals surface area contributed by atoms with Crippen molar-refractivity contribution in [3.05, 3.63) is 94.4 Å². The highest BCUT2D eigenvalue weighted by Gasteiger charge is 2.50. The van der Waals surface area contributed by atoms with Crippen molar-refractivity contribution in [1.29, 1.82) is 0 Å². The van der Waals surface area contributed by atoms with Crippen LogP contribution in [0.1, 0.15) is 66.4 Å². The van der Waals surface area contributed by atoms with E-state index in [1.54, 1.807) is 29.2 Å². The molecule has 2 aliphatic rings. The summed E-state index contributed by atoms with van der Waals surface area (Å²) in [7, 11) is 0. The molecule has 2 fully saturated rings. The van der Waals surface area contributed by atoms with Crippen LogP contribution in [0.4, 0.5) is 0 Å². The molecule has 1 aromatic heterocycles. The van der Waals surface area contributed by atoms with E-state index >= 15 is 0 Å². The molecule has 1 unspecified atom stereocenters. The number of likely N-dealkylation sites (tertiary alicyclic amines) is 1. The molecule has 1 amide bonds. The maximum atomic E-state index is 13.3. The summed E-state index contributed by atoms with van der Waals surface area (Å²) in [4.78, 5) is 28.2. The lowest BCUT2D eigenvalue weighted by Crippen LogP contribution is -2.40. The standard InChI is InChI=1S/C30H31NO5/c1-19-17-22(14-16-24(19)35-18-21-9-5-3-6-10-21)28(32)26-27(25-15-13-20(2)36-25)31(30(34)29(26)33)23-11-7-4-8-12-23/h3,5-6,9-10,13-17,23,27,32H,4,7-8,11-12,18H2,1-2H3/b28-26-. The number of benzene rings is 2. The Balaban J connectivity index is 1.50. The molecule has 0 bridgehead atoms. The van der Waals surface area contributed by atoms with E-state index < -0.39 is 17.7 Å². The molecule has 6 nitrogen and oxygen atoms in total. The number of hydrogen-bond acceptors (Lipinski definition) is 5. The maximum absolute atomic E-state index is 13.3. The molecule has 0 radical (unpaired) electrons. The second kappa shape index (κ2) is 10.1. The van der Waals surface area contributed by atoms with Gasteiger partial charge < -0.3 is 19.2 Å². The maximum Gasteiger partial charge on any atom is 0.296 e. The minimum absolute atomic E-state index is 0.0496. The van der Waals surface area contributed by atoms with Gasteiger partial charge in [0.1, 0.15) is 35.7 Å². The Bertz CT molecular complexity index is 1300. The number of amides is 1. The molecule has 36 heavy (non-hydrogen) atoms. The first-order valence-electron chi connectivity index (χ1n) is 12.6. The Labute approximate surface area is 211 Å². The molecule has 6 heteroatoms. The molecular formula is C30H31NO5. The topological polar surface area (TPSA) is 80.0 Å². The second-order valence-corrected chi connectivity index (χ2v) is 9.70. The fraction of sp³-hybridized carbons (Fsp3) is 0.333. The van der Waals surface area contributed by atoms with Gasteiger partial charge in [0, 0.05) is 11.6 Å². The number of ether oxygens (including phenoxy) is 1. The number of hydrogen-bond donors (Lipinski definition) is 1. The zero-order valence-corrected chi connectivity index (χ0v) is 20.7. The Hall–Kier alpha value is -3.80. The number of aryl methyl sites for hydroxylation is 2. The first-order valence-corrected chi connectivity index (χ1v) is 12.6. The summed E-state index contributed by atoms with van der Waals surface area (Å²) in [6.45, 7) is 4.15. The monoisotopic (exact) mass is 485 g/mol. The molecule has 3 aromatic rings. The molecule has 1 atom stereocenters. The van der Waals surface area contributed by atoms with E-state index in [0.29, 0.717) is 29.4 Å². The number of carbonyl (C=O) groups is 2. The third kappa shape index (κ3) is 4.55. The number of aliphatic hydroxyl groups is 1. The third-order valence-corrected chi connectivity index (χ3v) is 7.16. The summed E-state index contributed by atoms with van der Waals surface area (Å²) in [6.07, 6.45) is 4.84. The van der Waals surface area contributed by atoms with Crippen LogP contribution < -0.4 is 4.74 Å².